The highest BCUT2D eigenvalue weighted by Gasteiger charge is 2.16. The quantitative estimate of drug-likeness (QED) is 0.842. The minimum atomic E-state index is -3.93. The number of nitrogens with one attached hydrogen (secondary N) is 1. The molecule has 0 saturated heterocycles. The van der Waals surface area contributed by atoms with Crippen LogP contribution in [0.1, 0.15) is 16.1 Å². The molecule has 0 aliphatic carbocycles. The van der Waals surface area contributed by atoms with Crippen molar-refractivity contribution in [2.75, 3.05) is 5.32 Å². The van der Waals surface area contributed by atoms with E-state index in [4.69, 9.17) is 16.7 Å². The van der Waals surface area contributed by atoms with E-state index >= 15 is 0 Å². The van der Waals surface area contributed by atoms with Crippen LogP contribution in [0.25, 0.3) is 0 Å². The number of para-hydroxylation sites is 1. The molecule has 0 radical (unpaired) electrons. The van der Waals surface area contributed by atoms with Gasteiger partial charge in [0.25, 0.3) is 5.91 Å². The number of hydrogen-bond acceptors (Lipinski definition) is 4. The Labute approximate surface area is 127 Å². The number of aryl methyl sites for hydroxylation is 1. The van der Waals surface area contributed by atoms with Gasteiger partial charge in [-0.05, 0) is 31.2 Å². The number of amides is 1. The Kier molecular flexibility index (Phi) is 4.26. The zero-order valence-electron chi connectivity index (χ0n) is 11.0. The summed E-state index contributed by atoms with van der Waals surface area (Å²) >= 11 is 5.79. The number of pyridine rings is 1. The highest BCUT2D eigenvalue weighted by atomic mass is 35.5. The summed E-state index contributed by atoms with van der Waals surface area (Å²) in [4.78, 5) is 16.0. The predicted octanol–water partition coefficient (Wildman–Crippen LogP) is 1.94. The van der Waals surface area contributed by atoms with Gasteiger partial charge in [0.15, 0.2) is 0 Å². The van der Waals surface area contributed by atoms with Crippen molar-refractivity contribution in [2.24, 2.45) is 5.14 Å². The maximum absolute atomic E-state index is 12.2. The fraction of sp³-hybridized carbons (Fsp3) is 0.0769. The molecule has 0 bridgehead atoms. The molecule has 110 valence electrons. The number of aromatic nitrogens is 1. The summed E-state index contributed by atoms with van der Waals surface area (Å²) in [6, 6.07) is 8.81. The molecule has 0 aliphatic heterocycles. The SMILES string of the molecule is Cc1cc(C(=O)Nc2ccccc2S(N)(=O)=O)cc(Cl)n1. The van der Waals surface area contributed by atoms with Crippen molar-refractivity contribution in [3.8, 4) is 0 Å². The minimum absolute atomic E-state index is 0.107. The first-order chi connectivity index (χ1) is 9.77. The lowest BCUT2D eigenvalue weighted by atomic mass is 10.2. The zero-order chi connectivity index (χ0) is 15.6. The van der Waals surface area contributed by atoms with Gasteiger partial charge in [0.2, 0.25) is 10.0 Å². The maximum Gasteiger partial charge on any atom is 0.255 e. The van der Waals surface area contributed by atoms with E-state index in [9.17, 15) is 13.2 Å². The summed E-state index contributed by atoms with van der Waals surface area (Å²) in [5.74, 6) is -0.501. The summed E-state index contributed by atoms with van der Waals surface area (Å²) < 4.78 is 23.0. The van der Waals surface area contributed by atoms with Crippen LogP contribution in [-0.4, -0.2) is 19.3 Å². The van der Waals surface area contributed by atoms with Gasteiger partial charge < -0.3 is 5.32 Å². The molecule has 1 amide bonds. The van der Waals surface area contributed by atoms with Crippen molar-refractivity contribution in [2.45, 2.75) is 11.8 Å². The Morgan fingerprint density at radius 1 is 1.29 bits per heavy atom. The standard InChI is InChI=1S/C13H12ClN3O3S/c1-8-6-9(7-12(14)16-8)13(18)17-10-4-2-3-5-11(10)21(15,19)20/h2-7H,1H3,(H,17,18)(H2,15,19,20). The summed E-state index contributed by atoms with van der Waals surface area (Å²) in [6.45, 7) is 1.70. The lowest BCUT2D eigenvalue weighted by molar-refractivity contribution is 0.102. The van der Waals surface area contributed by atoms with Crippen molar-refractivity contribution < 1.29 is 13.2 Å². The molecule has 0 spiro atoms. The Morgan fingerprint density at radius 2 is 1.95 bits per heavy atom. The number of carbonyl (C=O) groups is 1. The first-order valence-corrected chi connectivity index (χ1v) is 7.77. The number of rotatable bonds is 3. The smallest absolute Gasteiger partial charge is 0.255 e. The lowest BCUT2D eigenvalue weighted by Gasteiger charge is -2.10. The van der Waals surface area contributed by atoms with Gasteiger partial charge in [-0.15, -0.1) is 0 Å². The topological polar surface area (TPSA) is 102 Å². The largest absolute Gasteiger partial charge is 0.321 e. The second kappa shape index (κ2) is 5.80. The predicted molar refractivity (Wildman–Crippen MR) is 79.8 cm³/mol. The fourth-order valence-electron chi connectivity index (χ4n) is 1.77. The van der Waals surface area contributed by atoms with E-state index in [2.05, 4.69) is 10.3 Å². The molecule has 2 aromatic rings. The molecule has 1 heterocycles. The van der Waals surface area contributed by atoms with Crippen LogP contribution in [0.15, 0.2) is 41.3 Å². The summed E-state index contributed by atoms with van der Waals surface area (Å²) in [7, 11) is -3.93. The number of halogens is 1. The molecule has 0 fully saturated rings. The molecule has 1 aromatic carbocycles. The van der Waals surface area contributed by atoms with Crippen LogP contribution >= 0.6 is 11.6 Å². The summed E-state index contributed by atoms with van der Waals surface area (Å²) in [6.07, 6.45) is 0. The normalized spacial score (nSPS) is 11.2. The summed E-state index contributed by atoms with van der Waals surface area (Å²) in [5, 5.41) is 7.79. The Balaban J connectivity index is 2.37. The van der Waals surface area contributed by atoms with Gasteiger partial charge >= 0.3 is 0 Å². The fourth-order valence-corrected chi connectivity index (χ4v) is 2.72. The number of carbonyl (C=O) groups excluding carboxylic acids is 1. The van der Waals surface area contributed by atoms with E-state index < -0.39 is 15.9 Å². The van der Waals surface area contributed by atoms with Crippen molar-refractivity contribution in [3.63, 3.8) is 0 Å². The van der Waals surface area contributed by atoms with Gasteiger partial charge in [0.1, 0.15) is 10.0 Å². The highest BCUT2D eigenvalue weighted by molar-refractivity contribution is 7.89. The number of nitrogens with zero attached hydrogens (tertiary/aromatic N) is 1. The van der Waals surface area contributed by atoms with Crippen LogP contribution in [-0.2, 0) is 10.0 Å². The van der Waals surface area contributed by atoms with Crippen LogP contribution in [0.3, 0.4) is 0 Å². The Morgan fingerprint density at radius 3 is 2.57 bits per heavy atom. The highest BCUT2D eigenvalue weighted by Crippen LogP contribution is 2.20. The van der Waals surface area contributed by atoms with E-state index in [0.29, 0.717) is 5.69 Å². The molecule has 3 N–H and O–H groups in total. The third kappa shape index (κ3) is 3.78. The van der Waals surface area contributed by atoms with Gasteiger partial charge in [-0.1, -0.05) is 23.7 Å². The zero-order valence-corrected chi connectivity index (χ0v) is 12.6. The Hall–Kier alpha value is -1.96. The molecular formula is C13H12ClN3O3S. The first-order valence-electron chi connectivity index (χ1n) is 5.85. The van der Waals surface area contributed by atoms with Crippen molar-refractivity contribution >= 4 is 33.2 Å². The third-order valence-corrected chi connectivity index (χ3v) is 3.79. The molecule has 0 saturated carbocycles. The van der Waals surface area contributed by atoms with Crippen LogP contribution in [0.2, 0.25) is 5.15 Å². The van der Waals surface area contributed by atoms with E-state index in [-0.39, 0.29) is 21.3 Å². The van der Waals surface area contributed by atoms with E-state index in [0.717, 1.165) is 0 Å². The van der Waals surface area contributed by atoms with Crippen LogP contribution in [0, 0.1) is 6.92 Å². The molecule has 0 atom stereocenters. The molecule has 1 aromatic heterocycles. The Bertz CT molecular complexity index is 786. The first kappa shape index (κ1) is 15.4. The number of primary sulfonamides is 1. The molecular weight excluding hydrogens is 314 g/mol. The average molecular weight is 326 g/mol. The molecule has 21 heavy (non-hydrogen) atoms. The molecule has 8 heteroatoms. The number of nitrogens with two attached hydrogens (primary N) is 1. The summed E-state index contributed by atoms with van der Waals surface area (Å²) in [5.41, 5.74) is 0.958. The van der Waals surface area contributed by atoms with Gasteiger partial charge in [-0.25, -0.2) is 18.5 Å². The monoisotopic (exact) mass is 325 g/mol. The van der Waals surface area contributed by atoms with Gasteiger partial charge in [-0.2, -0.15) is 0 Å². The number of sulfonamides is 1. The van der Waals surface area contributed by atoms with Crippen LogP contribution in [0.5, 0.6) is 0 Å². The number of benzene rings is 1. The van der Waals surface area contributed by atoms with E-state index in [1.165, 1.54) is 24.3 Å². The van der Waals surface area contributed by atoms with Crippen molar-refractivity contribution in [1.82, 2.24) is 4.98 Å². The third-order valence-electron chi connectivity index (χ3n) is 2.63. The molecule has 2 rings (SSSR count). The van der Waals surface area contributed by atoms with Gasteiger partial charge in [-0.3, -0.25) is 4.79 Å². The van der Waals surface area contributed by atoms with Crippen LogP contribution in [0.4, 0.5) is 5.69 Å². The maximum atomic E-state index is 12.2. The van der Waals surface area contributed by atoms with E-state index in [1.807, 2.05) is 0 Å². The number of hydrogen-bond donors (Lipinski definition) is 2. The molecule has 6 nitrogen and oxygen atoms in total. The van der Waals surface area contributed by atoms with Gasteiger partial charge in [0, 0.05) is 11.3 Å². The second-order valence-corrected chi connectivity index (χ2v) is 6.23. The van der Waals surface area contributed by atoms with Crippen molar-refractivity contribution in [3.05, 3.63) is 52.8 Å². The number of anilines is 1. The average Bonchev–Trinajstić information content (AvgIpc) is 2.37. The molecule has 0 unspecified atom stereocenters. The molecule has 0 aliphatic rings. The van der Waals surface area contributed by atoms with Crippen LogP contribution < -0.4 is 10.5 Å². The minimum Gasteiger partial charge on any atom is -0.321 e. The second-order valence-electron chi connectivity index (χ2n) is 4.32. The van der Waals surface area contributed by atoms with Crippen molar-refractivity contribution in [1.29, 1.82) is 0 Å². The van der Waals surface area contributed by atoms with Gasteiger partial charge in [0.05, 0.1) is 5.69 Å². The lowest BCUT2D eigenvalue weighted by Crippen LogP contribution is -2.18. The van der Waals surface area contributed by atoms with E-state index in [1.54, 1.807) is 19.1 Å².